The van der Waals surface area contributed by atoms with Gasteiger partial charge in [0, 0.05) is 10.0 Å². The molecule has 3 N–H and O–H groups in total. The Bertz CT molecular complexity index is 473. The molecule has 5 nitrogen and oxygen atoms in total. The van der Waals surface area contributed by atoms with Gasteiger partial charge in [-0.15, -0.1) is 0 Å². The van der Waals surface area contributed by atoms with Crippen molar-refractivity contribution in [1.29, 1.82) is 0 Å². The number of ether oxygens (including phenoxy) is 2. The molecule has 6 heteroatoms. The number of aliphatic carboxylic acids is 1. The Morgan fingerprint density at radius 2 is 2.28 bits per heavy atom. The highest BCUT2D eigenvalue weighted by Gasteiger charge is 2.52. The van der Waals surface area contributed by atoms with E-state index < -0.39 is 17.4 Å². The van der Waals surface area contributed by atoms with Crippen LogP contribution in [-0.4, -0.2) is 31.4 Å². The van der Waals surface area contributed by atoms with Gasteiger partial charge >= 0.3 is 5.97 Å². The smallest absolute Gasteiger partial charge is 0.316 e. The third-order valence-electron chi connectivity index (χ3n) is 3.27. The first-order chi connectivity index (χ1) is 8.51. The fraction of sp³-hybridized carbons (Fsp3) is 0.417. The maximum absolute atomic E-state index is 11.4. The lowest BCUT2D eigenvalue weighted by atomic mass is 9.75. The summed E-state index contributed by atoms with van der Waals surface area (Å²) in [5.74, 6) is -0.360. The van der Waals surface area contributed by atoms with E-state index in [-0.39, 0.29) is 13.2 Å². The molecule has 0 amide bonds. The largest absolute Gasteiger partial charge is 0.496 e. The number of rotatable bonds is 4. The molecule has 1 fully saturated rings. The quantitative estimate of drug-likeness (QED) is 0.881. The van der Waals surface area contributed by atoms with Crippen molar-refractivity contribution >= 4 is 21.9 Å². The number of halogens is 1. The summed E-state index contributed by atoms with van der Waals surface area (Å²) >= 11 is 3.35. The Balaban J connectivity index is 2.41. The molecular weight excluding hydrogens is 302 g/mol. The van der Waals surface area contributed by atoms with Gasteiger partial charge in [0.1, 0.15) is 11.2 Å². The summed E-state index contributed by atoms with van der Waals surface area (Å²) in [5.41, 5.74) is 5.72. The van der Waals surface area contributed by atoms with Gasteiger partial charge in [0.05, 0.1) is 26.4 Å². The first-order valence-electron chi connectivity index (χ1n) is 5.41. The van der Waals surface area contributed by atoms with Crippen molar-refractivity contribution in [2.24, 2.45) is 11.1 Å². The van der Waals surface area contributed by atoms with Crippen LogP contribution in [0.25, 0.3) is 0 Å². The number of nitrogens with two attached hydrogens (primary N) is 1. The van der Waals surface area contributed by atoms with E-state index in [1.54, 1.807) is 12.1 Å². The summed E-state index contributed by atoms with van der Waals surface area (Å²) in [7, 11) is 1.53. The molecular formula is C12H14BrNO4. The predicted octanol–water partition coefficient (Wildman–Crippen LogP) is 1.56. The number of benzene rings is 1. The molecule has 1 atom stereocenters. The second kappa shape index (κ2) is 4.87. The van der Waals surface area contributed by atoms with E-state index in [0.29, 0.717) is 11.3 Å². The summed E-state index contributed by atoms with van der Waals surface area (Å²) in [6, 6.07) is 4.69. The highest BCUT2D eigenvalue weighted by atomic mass is 79.9. The van der Waals surface area contributed by atoms with Crippen LogP contribution < -0.4 is 10.5 Å². The minimum Gasteiger partial charge on any atom is -0.496 e. The van der Waals surface area contributed by atoms with Gasteiger partial charge in [0.15, 0.2) is 0 Å². The number of carboxylic acid groups (broad SMARTS) is 1. The molecule has 98 valence electrons. The van der Waals surface area contributed by atoms with Crippen LogP contribution in [-0.2, 0) is 9.53 Å². The highest BCUT2D eigenvalue weighted by Crippen LogP contribution is 2.42. The Morgan fingerprint density at radius 3 is 2.72 bits per heavy atom. The molecule has 1 heterocycles. The van der Waals surface area contributed by atoms with Gasteiger partial charge in [-0.25, -0.2) is 0 Å². The molecule has 1 aliphatic heterocycles. The summed E-state index contributed by atoms with van der Waals surface area (Å²) in [5, 5.41) is 9.34. The van der Waals surface area contributed by atoms with E-state index in [2.05, 4.69) is 15.9 Å². The van der Waals surface area contributed by atoms with Crippen molar-refractivity contribution in [2.75, 3.05) is 20.3 Å². The Hall–Kier alpha value is -1.11. The molecule has 0 aliphatic carbocycles. The molecule has 0 saturated carbocycles. The molecule has 1 aliphatic rings. The maximum atomic E-state index is 11.4. The standard InChI is InChI=1S/C12H14BrNO4/c1-17-9-3-2-7(13)4-8(9)10(14)12(11(15)16)5-18-6-12/h2-4,10H,5-6,14H2,1H3,(H,15,16). The van der Waals surface area contributed by atoms with Crippen molar-refractivity contribution in [2.45, 2.75) is 6.04 Å². The number of hydrogen-bond acceptors (Lipinski definition) is 4. The lowest BCUT2D eigenvalue weighted by molar-refractivity contribution is -0.184. The zero-order valence-corrected chi connectivity index (χ0v) is 11.4. The molecule has 18 heavy (non-hydrogen) atoms. The molecule has 1 unspecified atom stereocenters. The Labute approximate surface area is 113 Å². The third kappa shape index (κ3) is 2.00. The van der Waals surface area contributed by atoms with Gasteiger partial charge in [-0.05, 0) is 18.2 Å². The van der Waals surface area contributed by atoms with Crippen molar-refractivity contribution in [3.63, 3.8) is 0 Å². The molecule has 1 saturated heterocycles. The molecule has 0 bridgehead atoms. The normalized spacial score (nSPS) is 18.8. The van der Waals surface area contributed by atoms with Crippen molar-refractivity contribution in [3.05, 3.63) is 28.2 Å². The summed E-state index contributed by atoms with van der Waals surface area (Å²) < 4.78 is 11.1. The fourth-order valence-corrected chi connectivity index (χ4v) is 2.38. The monoisotopic (exact) mass is 315 g/mol. The first kappa shape index (κ1) is 13.3. The minimum absolute atomic E-state index is 0.124. The van der Waals surface area contributed by atoms with Gasteiger partial charge in [0.2, 0.25) is 0 Å². The van der Waals surface area contributed by atoms with Gasteiger partial charge in [0.25, 0.3) is 0 Å². The van der Waals surface area contributed by atoms with Gasteiger partial charge in [-0.3, -0.25) is 4.79 Å². The Kier molecular flexibility index (Phi) is 3.61. The van der Waals surface area contributed by atoms with Gasteiger partial charge in [-0.1, -0.05) is 15.9 Å². The van der Waals surface area contributed by atoms with Crippen molar-refractivity contribution < 1.29 is 19.4 Å². The second-order valence-electron chi connectivity index (χ2n) is 4.32. The summed E-state index contributed by atoms with van der Waals surface area (Å²) in [6.45, 7) is 0.248. The molecule has 0 radical (unpaired) electrons. The van der Waals surface area contributed by atoms with Crippen LogP contribution in [0, 0.1) is 5.41 Å². The van der Waals surface area contributed by atoms with E-state index >= 15 is 0 Å². The lowest BCUT2D eigenvalue weighted by Crippen LogP contribution is -2.55. The van der Waals surface area contributed by atoms with Crippen LogP contribution in [0.1, 0.15) is 11.6 Å². The van der Waals surface area contributed by atoms with Crippen LogP contribution in [0.5, 0.6) is 5.75 Å². The average Bonchev–Trinajstić information content (AvgIpc) is 2.26. The summed E-state index contributed by atoms with van der Waals surface area (Å²) in [4.78, 5) is 11.4. The SMILES string of the molecule is COc1ccc(Br)cc1C(N)C1(C(=O)O)COC1. The van der Waals surface area contributed by atoms with E-state index in [9.17, 15) is 9.90 Å². The van der Waals surface area contributed by atoms with Crippen LogP contribution in [0.2, 0.25) is 0 Å². The molecule has 0 spiro atoms. The van der Waals surface area contributed by atoms with Crippen LogP contribution >= 0.6 is 15.9 Å². The summed E-state index contributed by atoms with van der Waals surface area (Å²) in [6.07, 6.45) is 0. The number of carboxylic acids is 1. The van der Waals surface area contributed by atoms with Gasteiger partial charge < -0.3 is 20.3 Å². The number of hydrogen-bond donors (Lipinski definition) is 2. The lowest BCUT2D eigenvalue weighted by Gasteiger charge is -2.42. The number of methoxy groups -OCH3 is 1. The van der Waals surface area contributed by atoms with Crippen LogP contribution in [0.4, 0.5) is 0 Å². The molecule has 0 aromatic heterocycles. The average molecular weight is 316 g/mol. The van der Waals surface area contributed by atoms with Crippen molar-refractivity contribution in [1.82, 2.24) is 0 Å². The van der Waals surface area contributed by atoms with Crippen LogP contribution in [0.15, 0.2) is 22.7 Å². The molecule has 1 aromatic carbocycles. The first-order valence-corrected chi connectivity index (χ1v) is 6.21. The van der Waals surface area contributed by atoms with E-state index in [1.807, 2.05) is 6.07 Å². The fourth-order valence-electron chi connectivity index (χ4n) is 2.00. The predicted molar refractivity (Wildman–Crippen MR) is 68.5 cm³/mol. The highest BCUT2D eigenvalue weighted by molar-refractivity contribution is 9.10. The topological polar surface area (TPSA) is 81.8 Å². The number of carbonyl (C=O) groups is 1. The minimum atomic E-state index is -1.06. The zero-order valence-electron chi connectivity index (χ0n) is 9.85. The van der Waals surface area contributed by atoms with E-state index in [0.717, 1.165) is 4.47 Å². The van der Waals surface area contributed by atoms with Crippen LogP contribution in [0.3, 0.4) is 0 Å². The molecule has 1 aromatic rings. The Morgan fingerprint density at radius 1 is 1.61 bits per heavy atom. The van der Waals surface area contributed by atoms with Crippen molar-refractivity contribution in [3.8, 4) is 5.75 Å². The maximum Gasteiger partial charge on any atom is 0.316 e. The third-order valence-corrected chi connectivity index (χ3v) is 3.76. The van der Waals surface area contributed by atoms with E-state index in [1.165, 1.54) is 7.11 Å². The van der Waals surface area contributed by atoms with E-state index in [4.69, 9.17) is 15.2 Å². The molecule has 2 rings (SSSR count). The zero-order chi connectivity index (χ0) is 13.3. The second-order valence-corrected chi connectivity index (χ2v) is 5.23. The van der Waals surface area contributed by atoms with Gasteiger partial charge in [-0.2, -0.15) is 0 Å².